The molecule has 188 valence electrons. The van der Waals surface area contributed by atoms with Crippen LogP contribution >= 0.6 is 0 Å². The van der Waals surface area contributed by atoms with Gasteiger partial charge in [0.15, 0.2) is 0 Å². The van der Waals surface area contributed by atoms with Gasteiger partial charge in [-0.2, -0.15) is 0 Å². The molecule has 0 fully saturated rings. The van der Waals surface area contributed by atoms with E-state index in [1.165, 1.54) is 16.6 Å². The number of fused-ring (bicyclic) bond motifs is 2. The normalized spacial score (nSPS) is 11.3. The van der Waals surface area contributed by atoms with E-state index in [-0.39, 0.29) is 0 Å². The number of hydrogen-bond donors (Lipinski definition) is 0. The van der Waals surface area contributed by atoms with E-state index >= 15 is 0 Å². The summed E-state index contributed by atoms with van der Waals surface area (Å²) in [5.41, 5.74) is 8.32. The quantitative estimate of drug-likeness (QED) is 0.189. The van der Waals surface area contributed by atoms with Crippen LogP contribution in [0.3, 0.4) is 0 Å². The molecule has 0 saturated carbocycles. The Morgan fingerprint density at radius 2 is 1.51 bits per heavy atom. The second-order valence-electron chi connectivity index (χ2n) is 9.33. The number of hydrogen-bond acceptors (Lipinski definition) is 4. The molecule has 0 unspecified atom stereocenters. The Kier molecular flexibility index (Phi) is 7.04. The van der Waals surface area contributed by atoms with Crippen LogP contribution in [0.4, 0.5) is 5.69 Å². The van der Waals surface area contributed by atoms with E-state index in [1.807, 2.05) is 18.5 Å². The second kappa shape index (κ2) is 10.6. The molecule has 2 aromatic heterocycles. The summed E-state index contributed by atoms with van der Waals surface area (Å²) >= 11 is 0. The van der Waals surface area contributed by atoms with E-state index in [0.717, 1.165) is 71.0 Å². The summed E-state index contributed by atoms with van der Waals surface area (Å²) in [6.07, 6.45) is 3.72. The van der Waals surface area contributed by atoms with Gasteiger partial charge in [0.05, 0.1) is 17.5 Å². The van der Waals surface area contributed by atoms with Gasteiger partial charge in [0.1, 0.15) is 24.4 Å². The summed E-state index contributed by atoms with van der Waals surface area (Å²) < 4.78 is 8.96. The molecular weight excluding hydrogens is 456 g/mol. The van der Waals surface area contributed by atoms with E-state index in [4.69, 9.17) is 4.42 Å². The fraction of sp³-hybridized carbons (Fsp3) is 0.281. The molecule has 0 amide bonds. The zero-order valence-corrected chi connectivity index (χ0v) is 22.5. The average molecular weight is 492 g/mol. The molecule has 5 heteroatoms. The number of aromatic nitrogens is 2. The van der Waals surface area contributed by atoms with E-state index in [9.17, 15) is 0 Å². The number of benzene rings is 2. The summed E-state index contributed by atoms with van der Waals surface area (Å²) in [5, 5.41) is 2.26. The van der Waals surface area contributed by atoms with Crippen molar-refractivity contribution in [3.8, 4) is 33.8 Å². The first-order valence-corrected chi connectivity index (χ1v) is 13.3. The van der Waals surface area contributed by atoms with Gasteiger partial charge < -0.3 is 9.32 Å². The maximum atomic E-state index is 6.62. The first-order valence-electron chi connectivity index (χ1n) is 13.3. The molecule has 1 aromatic carbocycles. The highest BCUT2D eigenvalue weighted by atomic mass is 16.3. The van der Waals surface area contributed by atoms with Gasteiger partial charge in [-0.3, -0.25) is 9.97 Å². The van der Waals surface area contributed by atoms with Crippen molar-refractivity contribution < 1.29 is 4.42 Å². The molecule has 5 nitrogen and oxygen atoms in total. The molecular formula is C32H35N4O+. The molecule has 5 rings (SSSR count). The van der Waals surface area contributed by atoms with Crippen LogP contribution in [-0.4, -0.2) is 36.1 Å². The number of aryl methyl sites for hydroxylation is 1. The lowest BCUT2D eigenvalue weighted by Gasteiger charge is -2.22. The van der Waals surface area contributed by atoms with Gasteiger partial charge in [-0.25, -0.2) is 4.58 Å². The van der Waals surface area contributed by atoms with Crippen molar-refractivity contribution >= 4 is 16.7 Å². The summed E-state index contributed by atoms with van der Waals surface area (Å²) in [4.78, 5) is 11.6. The van der Waals surface area contributed by atoms with E-state index in [0.29, 0.717) is 0 Å². The van der Waals surface area contributed by atoms with Crippen molar-refractivity contribution in [2.45, 2.75) is 34.6 Å². The fourth-order valence-corrected chi connectivity index (χ4v) is 5.15. The monoisotopic (exact) mass is 491 g/mol. The Morgan fingerprint density at radius 3 is 2.22 bits per heavy atom. The van der Waals surface area contributed by atoms with Crippen LogP contribution in [0.2, 0.25) is 0 Å². The molecule has 0 N–H and O–H groups in total. The molecule has 0 atom stereocenters. The van der Waals surface area contributed by atoms with E-state index in [2.05, 4.69) is 109 Å². The highest BCUT2D eigenvalue weighted by molar-refractivity contribution is 6.03. The smallest absolute Gasteiger partial charge is 0.203 e. The Hall–Kier alpha value is -3.99. The molecule has 0 spiro atoms. The number of pyridine rings is 2. The van der Waals surface area contributed by atoms with Crippen LogP contribution in [0.15, 0.2) is 77.5 Å². The molecule has 1 aliphatic carbocycles. The number of nitrogens with zero attached hydrogens (tertiary/aromatic N) is 4. The molecule has 1 aliphatic heterocycles. The van der Waals surface area contributed by atoms with Crippen LogP contribution in [0.25, 0.3) is 44.8 Å². The summed E-state index contributed by atoms with van der Waals surface area (Å²) in [7, 11) is 0. The van der Waals surface area contributed by atoms with Crippen molar-refractivity contribution in [2.75, 3.05) is 31.1 Å². The molecule has 0 bridgehead atoms. The molecule has 3 heterocycles. The highest BCUT2D eigenvalue weighted by Crippen LogP contribution is 2.41. The second-order valence-corrected chi connectivity index (χ2v) is 9.33. The highest BCUT2D eigenvalue weighted by Gasteiger charge is 2.20. The average Bonchev–Trinajstić information content (AvgIpc) is 2.93. The van der Waals surface area contributed by atoms with Crippen LogP contribution in [0.5, 0.6) is 0 Å². The Bertz CT molecular complexity index is 1590. The summed E-state index contributed by atoms with van der Waals surface area (Å²) in [6.45, 7) is 14.6. The third kappa shape index (κ3) is 4.74. The van der Waals surface area contributed by atoms with Crippen molar-refractivity contribution in [3.05, 3.63) is 84.0 Å². The largest absolute Gasteiger partial charge is 0.456 e. The molecule has 0 radical (unpaired) electrons. The minimum Gasteiger partial charge on any atom is -0.456 e. The lowest BCUT2D eigenvalue weighted by Crippen LogP contribution is -2.29. The van der Waals surface area contributed by atoms with Crippen LogP contribution in [0.1, 0.15) is 33.3 Å². The lowest BCUT2D eigenvalue weighted by atomic mass is 9.93. The Balaban J connectivity index is 1.81. The van der Waals surface area contributed by atoms with Gasteiger partial charge in [0, 0.05) is 59.8 Å². The van der Waals surface area contributed by atoms with E-state index < -0.39 is 0 Å². The van der Waals surface area contributed by atoms with Gasteiger partial charge in [-0.1, -0.05) is 0 Å². The molecule has 2 aliphatic rings. The fourth-order valence-electron chi connectivity index (χ4n) is 5.15. The van der Waals surface area contributed by atoms with E-state index in [1.54, 1.807) is 0 Å². The third-order valence-corrected chi connectivity index (χ3v) is 7.17. The molecule has 37 heavy (non-hydrogen) atoms. The predicted molar refractivity (Wildman–Crippen MR) is 154 cm³/mol. The van der Waals surface area contributed by atoms with Crippen molar-refractivity contribution in [2.24, 2.45) is 0 Å². The Morgan fingerprint density at radius 1 is 0.784 bits per heavy atom. The van der Waals surface area contributed by atoms with Gasteiger partial charge in [0.25, 0.3) is 0 Å². The van der Waals surface area contributed by atoms with Crippen LogP contribution in [0, 0.1) is 6.92 Å². The molecule has 3 aromatic rings. The maximum absolute atomic E-state index is 6.62. The third-order valence-electron chi connectivity index (χ3n) is 7.17. The maximum Gasteiger partial charge on any atom is 0.203 e. The SMILES string of the molecule is CCN(CC)c1ccc2c(-c3ccnc(-c4cc(C)ccn4)c3)c3ccc(=[N+](CC)CC)cc-3oc2c1. The standard InChI is InChI=1S/C32H35N4O/c1-6-35(7-2)24-10-12-26-30(20-24)37-31-21-25(36(8-3)9-4)11-13-27(31)32(26)23-15-17-34-29(19-23)28-18-22(5)14-16-33-28/h10-21H,6-9H2,1-5H3/q+1. The summed E-state index contributed by atoms with van der Waals surface area (Å²) in [6, 6.07) is 21.5. The minimum atomic E-state index is 0.864. The van der Waals surface area contributed by atoms with Gasteiger partial charge in [-0.05, 0) is 88.2 Å². The zero-order chi connectivity index (χ0) is 25.9. The topological polar surface area (TPSA) is 45.2 Å². The number of rotatable bonds is 7. The number of anilines is 1. The minimum absolute atomic E-state index is 0.864. The summed E-state index contributed by atoms with van der Waals surface area (Å²) in [5.74, 6) is 0.885. The van der Waals surface area contributed by atoms with Gasteiger partial charge in [0.2, 0.25) is 5.36 Å². The van der Waals surface area contributed by atoms with Crippen molar-refractivity contribution in [3.63, 3.8) is 0 Å². The Labute approximate surface area is 219 Å². The first-order chi connectivity index (χ1) is 18.1. The van der Waals surface area contributed by atoms with Gasteiger partial charge in [-0.15, -0.1) is 0 Å². The van der Waals surface area contributed by atoms with Crippen LogP contribution in [-0.2, 0) is 0 Å². The molecule has 0 saturated heterocycles. The lowest BCUT2D eigenvalue weighted by molar-refractivity contribution is 0.604. The predicted octanol–water partition coefficient (Wildman–Crippen LogP) is 6.63. The van der Waals surface area contributed by atoms with Crippen molar-refractivity contribution in [1.29, 1.82) is 0 Å². The van der Waals surface area contributed by atoms with Crippen molar-refractivity contribution in [1.82, 2.24) is 14.5 Å². The van der Waals surface area contributed by atoms with Gasteiger partial charge >= 0.3 is 0 Å². The zero-order valence-electron chi connectivity index (χ0n) is 22.5. The first kappa shape index (κ1) is 24.7. The van der Waals surface area contributed by atoms with Crippen LogP contribution < -0.4 is 14.8 Å².